The maximum absolute atomic E-state index is 9.02. The molecule has 0 radical (unpaired) electrons. The zero-order valence-corrected chi connectivity index (χ0v) is 10.5. The molecular weight excluding hydrogens is 204 g/mol. The molecule has 0 aromatic carbocycles. The largest absolute Gasteiger partial charge is 0.350 e. The molecule has 0 bridgehead atoms. The van der Waals surface area contributed by atoms with Gasteiger partial charge in [0.05, 0.1) is 11.1 Å². The fourth-order valence-electron chi connectivity index (χ4n) is 2.17. The topological polar surface area (TPSA) is 27.0 Å². The second kappa shape index (κ2) is 6.07. The number of nitrogens with zero attached hydrogens (tertiary/aromatic N) is 2. The summed E-state index contributed by atoms with van der Waals surface area (Å²) in [6.07, 6.45) is 5.71. The van der Waals surface area contributed by atoms with Gasteiger partial charge in [0, 0.05) is 12.5 Å². The van der Waals surface area contributed by atoms with Gasteiger partial charge in [-0.05, 0) is 19.3 Å². The molecule has 0 aliphatic carbocycles. The van der Waals surface area contributed by atoms with Crippen molar-refractivity contribution in [2.24, 2.45) is 5.92 Å². The van der Waals surface area contributed by atoms with Crippen LogP contribution in [-0.2, 0) is 0 Å². The molecule has 0 saturated carbocycles. The van der Waals surface area contributed by atoms with E-state index in [1.165, 1.54) is 19.3 Å². The third-order valence-corrected chi connectivity index (χ3v) is 3.74. The molecule has 3 heteroatoms. The number of thiocarbonyl (C=S) groups is 1. The van der Waals surface area contributed by atoms with Crippen molar-refractivity contribution in [2.45, 2.75) is 52.0 Å². The summed E-state index contributed by atoms with van der Waals surface area (Å²) in [6, 6.07) is 2.34. The highest BCUT2D eigenvalue weighted by Crippen LogP contribution is 2.26. The molecule has 0 aromatic heterocycles. The molecule has 84 valence electrons. The molecule has 1 fully saturated rings. The third kappa shape index (κ3) is 2.92. The molecule has 15 heavy (non-hydrogen) atoms. The van der Waals surface area contributed by atoms with Gasteiger partial charge in [-0.15, -0.1) is 0 Å². The second-order valence-electron chi connectivity index (χ2n) is 4.21. The second-order valence-corrected chi connectivity index (χ2v) is 4.63. The van der Waals surface area contributed by atoms with Crippen LogP contribution < -0.4 is 0 Å². The van der Waals surface area contributed by atoms with Crippen LogP contribution in [-0.4, -0.2) is 22.5 Å². The van der Waals surface area contributed by atoms with E-state index in [4.69, 9.17) is 17.5 Å². The highest BCUT2D eigenvalue weighted by atomic mass is 32.1. The minimum absolute atomic E-state index is 0.00382. The lowest BCUT2D eigenvalue weighted by Crippen LogP contribution is -2.35. The molecule has 2 atom stereocenters. The molecule has 2 unspecified atom stereocenters. The number of unbranched alkanes of at least 4 members (excludes halogenated alkanes) is 1. The quantitative estimate of drug-likeness (QED) is 0.671. The van der Waals surface area contributed by atoms with Crippen molar-refractivity contribution in [2.75, 3.05) is 6.54 Å². The smallest absolute Gasteiger partial charge is 0.117 e. The van der Waals surface area contributed by atoms with Crippen molar-refractivity contribution in [3.8, 4) is 6.07 Å². The van der Waals surface area contributed by atoms with Crippen LogP contribution in [0.3, 0.4) is 0 Å². The maximum atomic E-state index is 9.02. The van der Waals surface area contributed by atoms with E-state index in [-0.39, 0.29) is 6.04 Å². The number of likely N-dealkylation sites (tertiary alicyclic amines) is 1. The molecule has 1 aliphatic heterocycles. The summed E-state index contributed by atoms with van der Waals surface area (Å²) >= 11 is 5.46. The molecule has 1 aliphatic rings. The average Bonchev–Trinajstić information content (AvgIpc) is 2.60. The molecule has 0 spiro atoms. The van der Waals surface area contributed by atoms with E-state index < -0.39 is 0 Å². The average molecular weight is 224 g/mol. The van der Waals surface area contributed by atoms with Gasteiger partial charge in [-0.1, -0.05) is 38.9 Å². The summed E-state index contributed by atoms with van der Waals surface area (Å²) in [6.45, 7) is 5.25. The van der Waals surface area contributed by atoms with Crippen LogP contribution >= 0.6 is 12.2 Å². The van der Waals surface area contributed by atoms with Crippen molar-refractivity contribution >= 4 is 17.2 Å². The van der Waals surface area contributed by atoms with E-state index in [0.29, 0.717) is 5.92 Å². The van der Waals surface area contributed by atoms with Gasteiger partial charge in [0.25, 0.3) is 0 Å². The Balaban J connectivity index is 2.52. The number of rotatable bonds is 5. The predicted molar refractivity (Wildman–Crippen MR) is 66.6 cm³/mol. The lowest BCUT2D eigenvalue weighted by Gasteiger charge is -2.23. The third-order valence-electron chi connectivity index (χ3n) is 3.17. The van der Waals surface area contributed by atoms with Gasteiger partial charge in [0.2, 0.25) is 0 Å². The van der Waals surface area contributed by atoms with E-state index >= 15 is 0 Å². The van der Waals surface area contributed by atoms with Crippen LogP contribution in [0.1, 0.15) is 46.0 Å². The van der Waals surface area contributed by atoms with Gasteiger partial charge in [-0.2, -0.15) is 5.26 Å². The Bertz CT molecular complexity index is 257. The first-order valence-electron chi connectivity index (χ1n) is 5.94. The fourth-order valence-corrected chi connectivity index (χ4v) is 2.63. The SMILES string of the molecule is CCCCC1CCN(C(C#N)CC)C1=S. The Labute approximate surface area is 98.3 Å². The van der Waals surface area contributed by atoms with Crippen LogP contribution in [0.2, 0.25) is 0 Å². The molecular formula is C12H20N2S. The highest BCUT2D eigenvalue weighted by Gasteiger charge is 2.31. The molecule has 2 nitrogen and oxygen atoms in total. The zero-order chi connectivity index (χ0) is 11.3. The summed E-state index contributed by atoms with van der Waals surface area (Å²) < 4.78 is 0. The lowest BCUT2D eigenvalue weighted by molar-refractivity contribution is 0.389. The van der Waals surface area contributed by atoms with Gasteiger partial charge >= 0.3 is 0 Å². The predicted octanol–water partition coefficient (Wildman–Crippen LogP) is 3.13. The Morgan fingerprint density at radius 2 is 2.33 bits per heavy atom. The van der Waals surface area contributed by atoms with Crippen LogP contribution in [0.4, 0.5) is 0 Å². The Hall–Kier alpha value is -0.620. The zero-order valence-electron chi connectivity index (χ0n) is 9.70. The minimum Gasteiger partial charge on any atom is -0.350 e. The van der Waals surface area contributed by atoms with Gasteiger partial charge in [-0.3, -0.25) is 0 Å². The van der Waals surface area contributed by atoms with Crippen molar-refractivity contribution < 1.29 is 0 Å². The number of nitriles is 1. The van der Waals surface area contributed by atoms with Crippen molar-refractivity contribution in [1.29, 1.82) is 5.26 Å². The highest BCUT2D eigenvalue weighted by molar-refractivity contribution is 7.80. The first-order chi connectivity index (χ1) is 7.24. The monoisotopic (exact) mass is 224 g/mol. The summed E-state index contributed by atoms with van der Waals surface area (Å²) in [5.41, 5.74) is 0. The van der Waals surface area contributed by atoms with E-state index in [1.807, 2.05) is 0 Å². The molecule has 1 heterocycles. The van der Waals surface area contributed by atoms with E-state index in [1.54, 1.807) is 0 Å². The van der Waals surface area contributed by atoms with Crippen molar-refractivity contribution in [3.63, 3.8) is 0 Å². The maximum Gasteiger partial charge on any atom is 0.117 e. The Morgan fingerprint density at radius 1 is 1.60 bits per heavy atom. The normalized spacial score (nSPS) is 22.9. The van der Waals surface area contributed by atoms with Gasteiger partial charge in [0.1, 0.15) is 6.04 Å². The number of hydrogen-bond donors (Lipinski definition) is 0. The van der Waals surface area contributed by atoms with E-state index in [9.17, 15) is 0 Å². The standard InChI is InChI=1S/C12H20N2S/c1-3-5-6-10-7-8-14(12(10)15)11(4-2)9-13/h10-11H,3-8H2,1-2H3. The summed E-state index contributed by atoms with van der Waals surface area (Å²) in [4.78, 5) is 3.17. The minimum atomic E-state index is 0.00382. The molecule has 0 amide bonds. The van der Waals surface area contributed by atoms with Crippen LogP contribution in [0, 0.1) is 17.2 Å². The van der Waals surface area contributed by atoms with Crippen molar-refractivity contribution in [1.82, 2.24) is 4.90 Å². The van der Waals surface area contributed by atoms with E-state index in [2.05, 4.69) is 24.8 Å². The van der Waals surface area contributed by atoms with Crippen molar-refractivity contribution in [3.05, 3.63) is 0 Å². The molecule has 0 aromatic rings. The van der Waals surface area contributed by atoms with Crippen LogP contribution in [0.5, 0.6) is 0 Å². The first kappa shape index (κ1) is 12.4. The van der Waals surface area contributed by atoms with Crippen LogP contribution in [0.25, 0.3) is 0 Å². The van der Waals surface area contributed by atoms with Gasteiger partial charge < -0.3 is 4.90 Å². The molecule has 1 rings (SSSR count). The summed E-state index contributed by atoms with van der Waals surface area (Å²) in [5, 5.41) is 9.02. The number of hydrogen-bond acceptors (Lipinski definition) is 2. The van der Waals surface area contributed by atoms with Gasteiger partial charge in [-0.25, -0.2) is 0 Å². The summed E-state index contributed by atoms with van der Waals surface area (Å²) in [7, 11) is 0. The van der Waals surface area contributed by atoms with Crippen LogP contribution in [0.15, 0.2) is 0 Å². The summed E-state index contributed by atoms with van der Waals surface area (Å²) in [5.74, 6) is 0.558. The Kier molecular flexibility index (Phi) is 5.04. The molecule has 1 saturated heterocycles. The van der Waals surface area contributed by atoms with Gasteiger partial charge in [0.15, 0.2) is 0 Å². The Morgan fingerprint density at radius 3 is 2.87 bits per heavy atom. The fraction of sp³-hybridized carbons (Fsp3) is 0.833. The molecule has 0 N–H and O–H groups in total. The first-order valence-corrected chi connectivity index (χ1v) is 6.35. The van der Waals surface area contributed by atoms with E-state index in [0.717, 1.165) is 24.4 Å². The lowest BCUT2D eigenvalue weighted by atomic mass is 10.0.